The Morgan fingerprint density at radius 3 is 2.64 bits per heavy atom. The van der Waals surface area contributed by atoms with E-state index in [2.05, 4.69) is 15.8 Å². The molecular formula is C21H23N3O. The summed E-state index contributed by atoms with van der Waals surface area (Å²) >= 11 is 0. The second-order valence-electron chi connectivity index (χ2n) is 7.97. The Morgan fingerprint density at radius 2 is 1.88 bits per heavy atom. The van der Waals surface area contributed by atoms with Gasteiger partial charge in [0.05, 0.1) is 11.1 Å². The quantitative estimate of drug-likeness (QED) is 0.838. The van der Waals surface area contributed by atoms with Crippen LogP contribution >= 0.6 is 0 Å². The van der Waals surface area contributed by atoms with Crippen LogP contribution in [0.2, 0.25) is 0 Å². The molecule has 2 aromatic rings. The highest BCUT2D eigenvalue weighted by Crippen LogP contribution is 2.52. The first-order chi connectivity index (χ1) is 12.2. The molecule has 2 N–H and O–H groups in total. The maximum Gasteiger partial charge on any atom is 0.270 e. The van der Waals surface area contributed by atoms with E-state index < -0.39 is 0 Å². The smallest absolute Gasteiger partial charge is 0.270 e. The van der Waals surface area contributed by atoms with Crippen molar-refractivity contribution in [1.82, 2.24) is 15.8 Å². The topological polar surface area (TPSA) is 54.0 Å². The molecular weight excluding hydrogens is 310 g/mol. The Hall–Kier alpha value is -2.36. The summed E-state index contributed by atoms with van der Waals surface area (Å²) < 4.78 is 0. The maximum atomic E-state index is 12.8. The fourth-order valence-corrected chi connectivity index (χ4v) is 5.30. The van der Waals surface area contributed by atoms with Crippen LogP contribution in [0.5, 0.6) is 0 Å². The largest absolute Gasteiger partial charge is 0.302 e. The minimum atomic E-state index is -0.0800. The summed E-state index contributed by atoms with van der Waals surface area (Å²) in [6, 6.07) is 9.69. The van der Waals surface area contributed by atoms with Crippen LogP contribution in [0.1, 0.15) is 48.2 Å². The van der Waals surface area contributed by atoms with Gasteiger partial charge in [0, 0.05) is 22.7 Å². The Bertz CT molecular complexity index is 885. The van der Waals surface area contributed by atoms with E-state index in [-0.39, 0.29) is 5.91 Å². The number of benzene rings is 1. The van der Waals surface area contributed by atoms with Gasteiger partial charge >= 0.3 is 0 Å². The summed E-state index contributed by atoms with van der Waals surface area (Å²) in [4.78, 5) is 17.3. The predicted octanol–water partition coefficient (Wildman–Crippen LogP) is 3.87. The summed E-state index contributed by atoms with van der Waals surface area (Å²) in [5, 5.41) is 0.898. The molecule has 0 radical (unpaired) electrons. The first kappa shape index (κ1) is 14.9. The zero-order valence-electron chi connectivity index (χ0n) is 14.5. The van der Waals surface area contributed by atoms with Gasteiger partial charge in [-0.3, -0.25) is 15.2 Å². The van der Waals surface area contributed by atoms with Crippen LogP contribution < -0.4 is 10.9 Å². The summed E-state index contributed by atoms with van der Waals surface area (Å²) in [5.41, 5.74) is 11.5. The van der Waals surface area contributed by atoms with Crippen molar-refractivity contribution in [3.05, 3.63) is 52.9 Å². The Kier molecular flexibility index (Phi) is 3.34. The molecule has 1 amide bonds. The number of carbonyl (C=O) groups excluding carboxylic acids is 1. The maximum absolute atomic E-state index is 12.8. The van der Waals surface area contributed by atoms with E-state index >= 15 is 0 Å². The molecule has 25 heavy (non-hydrogen) atoms. The number of nitrogens with zero attached hydrogens (tertiary/aromatic N) is 1. The van der Waals surface area contributed by atoms with Crippen molar-refractivity contribution in [1.29, 1.82) is 0 Å². The van der Waals surface area contributed by atoms with E-state index in [0.29, 0.717) is 11.5 Å². The number of hydrazine groups is 1. The SMILES string of the molecule is Cc1cc(C(=O)NNC2=C3C[C@@H]4CC2C[C@H](C3)C4)c2ccccc2n1. The molecule has 6 rings (SSSR count). The van der Waals surface area contributed by atoms with Crippen molar-refractivity contribution in [2.24, 2.45) is 17.8 Å². The normalized spacial score (nSPS) is 27.0. The number of carbonyl (C=O) groups is 1. The number of rotatable bonds is 3. The van der Waals surface area contributed by atoms with Crippen molar-refractivity contribution in [2.45, 2.75) is 39.0 Å². The van der Waals surface area contributed by atoms with E-state index in [9.17, 15) is 4.79 Å². The van der Waals surface area contributed by atoms with Gasteiger partial charge in [-0.15, -0.1) is 0 Å². The minimum Gasteiger partial charge on any atom is -0.302 e. The minimum absolute atomic E-state index is 0.0800. The number of allylic oxidation sites excluding steroid dienone is 2. The van der Waals surface area contributed by atoms with Gasteiger partial charge in [0.25, 0.3) is 5.91 Å². The van der Waals surface area contributed by atoms with Crippen molar-refractivity contribution < 1.29 is 4.79 Å². The highest BCUT2D eigenvalue weighted by molar-refractivity contribution is 6.06. The highest BCUT2D eigenvalue weighted by Gasteiger charge is 2.41. The third-order valence-electron chi connectivity index (χ3n) is 6.16. The van der Waals surface area contributed by atoms with Gasteiger partial charge in [-0.1, -0.05) is 18.2 Å². The standard InChI is InChI=1S/C21H23N3O/c1-12-6-18(17-4-2-3-5-19(17)22-12)21(25)24-23-20-15-8-13-7-14(10-15)11-16(20)9-13/h2-6,13-15,23H,7-11H2,1H3,(H,24,25)/t13-,14+,15?. The number of fused-ring (bicyclic) bond motifs is 1. The van der Waals surface area contributed by atoms with Gasteiger partial charge in [0.2, 0.25) is 0 Å². The highest BCUT2D eigenvalue weighted by atomic mass is 16.2. The summed E-state index contributed by atoms with van der Waals surface area (Å²) in [7, 11) is 0. The van der Waals surface area contributed by atoms with Crippen LogP contribution in [-0.2, 0) is 0 Å². The van der Waals surface area contributed by atoms with Crippen LogP contribution in [0.15, 0.2) is 41.6 Å². The molecule has 3 atom stereocenters. The molecule has 4 nitrogen and oxygen atoms in total. The van der Waals surface area contributed by atoms with Gasteiger partial charge in [-0.05, 0) is 68.6 Å². The number of amides is 1. The van der Waals surface area contributed by atoms with Gasteiger partial charge in [0.1, 0.15) is 0 Å². The Morgan fingerprint density at radius 1 is 1.12 bits per heavy atom. The number of aryl methyl sites for hydroxylation is 1. The number of nitrogens with one attached hydrogen (secondary N) is 2. The van der Waals surface area contributed by atoms with E-state index in [1.165, 1.54) is 37.8 Å². The Balaban J connectivity index is 1.40. The first-order valence-corrected chi connectivity index (χ1v) is 9.32. The van der Waals surface area contributed by atoms with Gasteiger partial charge in [-0.25, -0.2) is 0 Å². The number of aromatic nitrogens is 1. The van der Waals surface area contributed by atoms with Gasteiger partial charge in [-0.2, -0.15) is 0 Å². The molecule has 2 saturated carbocycles. The fraction of sp³-hybridized carbons (Fsp3) is 0.429. The van der Waals surface area contributed by atoms with Crippen molar-refractivity contribution in [3.63, 3.8) is 0 Å². The molecule has 4 heteroatoms. The number of hydrogen-bond donors (Lipinski definition) is 2. The summed E-state index contributed by atoms with van der Waals surface area (Å²) in [5.74, 6) is 2.32. The van der Waals surface area contributed by atoms with Crippen molar-refractivity contribution >= 4 is 16.8 Å². The molecule has 1 unspecified atom stereocenters. The van der Waals surface area contributed by atoms with E-state index in [1.54, 1.807) is 5.57 Å². The lowest BCUT2D eigenvalue weighted by atomic mass is 9.60. The number of hydrogen-bond acceptors (Lipinski definition) is 3. The molecule has 128 valence electrons. The monoisotopic (exact) mass is 333 g/mol. The average Bonchev–Trinajstić information content (AvgIpc) is 2.59. The molecule has 4 bridgehead atoms. The number of para-hydroxylation sites is 1. The first-order valence-electron chi connectivity index (χ1n) is 9.32. The molecule has 2 fully saturated rings. The molecule has 1 aromatic carbocycles. The lowest BCUT2D eigenvalue weighted by molar-refractivity contribution is 0.0926. The molecule has 4 aliphatic rings. The van der Waals surface area contributed by atoms with E-state index in [0.717, 1.165) is 28.4 Å². The van der Waals surface area contributed by atoms with E-state index in [4.69, 9.17) is 0 Å². The number of pyridine rings is 1. The fourth-order valence-electron chi connectivity index (χ4n) is 5.30. The van der Waals surface area contributed by atoms with Crippen LogP contribution in [0.3, 0.4) is 0 Å². The average molecular weight is 333 g/mol. The Labute approximate surface area is 147 Å². The molecule has 1 aromatic heterocycles. The molecule has 0 spiro atoms. The molecule has 1 heterocycles. The predicted molar refractivity (Wildman–Crippen MR) is 97.7 cm³/mol. The summed E-state index contributed by atoms with van der Waals surface area (Å²) in [6.07, 6.45) is 6.44. The zero-order valence-corrected chi connectivity index (χ0v) is 14.5. The lowest BCUT2D eigenvalue weighted by Crippen LogP contribution is -2.45. The van der Waals surface area contributed by atoms with Crippen LogP contribution in [0.4, 0.5) is 0 Å². The molecule has 4 aliphatic carbocycles. The second-order valence-corrected chi connectivity index (χ2v) is 7.97. The van der Waals surface area contributed by atoms with Crippen LogP contribution in [-0.4, -0.2) is 10.9 Å². The third kappa shape index (κ3) is 2.51. The second kappa shape index (κ2) is 5.58. The summed E-state index contributed by atoms with van der Waals surface area (Å²) in [6.45, 7) is 1.93. The molecule has 0 aliphatic heterocycles. The van der Waals surface area contributed by atoms with Gasteiger partial charge < -0.3 is 5.43 Å². The van der Waals surface area contributed by atoms with Crippen LogP contribution in [0.25, 0.3) is 10.9 Å². The van der Waals surface area contributed by atoms with Crippen molar-refractivity contribution in [2.75, 3.05) is 0 Å². The van der Waals surface area contributed by atoms with Crippen LogP contribution in [0, 0.1) is 24.7 Å². The van der Waals surface area contributed by atoms with Gasteiger partial charge in [0.15, 0.2) is 0 Å². The zero-order chi connectivity index (χ0) is 17.0. The molecule has 0 saturated heterocycles. The third-order valence-corrected chi connectivity index (χ3v) is 6.16. The van der Waals surface area contributed by atoms with Crippen molar-refractivity contribution in [3.8, 4) is 0 Å². The van der Waals surface area contributed by atoms with E-state index in [1.807, 2.05) is 37.3 Å². The lowest BCUT2D eigenvalue weighted by Gasteiger charge is -2.47.